The first-order valence-corrected chi connectivity index (χ1v) is 8.68. The SMILES string of the molecule is Cc1ccc(NC(=O)NC(=O)COC(=O)c2n[nH]c(=O)c3ccccc23)c(C)c1. The van der Waals surface area contributed by atoms with Gasteiger partial charge in [-0.25, -0.2) is 14.7 Å². The zero-order valence-electron chi connectivity index (χ0n) is 15.7. The molecule has 9 nitrogen and oxygen atoms in total. The predicted molar refractivity (Wildman–Crippen MR) is 106 cm³/mol. The Hall–Kier alpha value is -4.01. The number of hydrogen-bond acceptors (Lipinski definition) is 6. The molecule has 0 fully saturated rings. The molecule has 0 saturated heterocycles. The van der Waals surface area contributed by atoms with Gasteiger partial charge in [0.15, 0.2) is 12.3 Å². The number of rotatable bonds is 4. The highest BCUT2D eigenvalue weighted by molar-refractivity contribution is 6.04. The molecule has 0 aliphatic heterocycles. The summed E-state index contributed by atoms with van der Waals surface area (Å²) in [6.45, 7) is 3.07. The number of aromatic nitrogens is 2. The van der Waals surface area contributed by atoms with E-state index in [1.807, 2.05) is 26.0 Å². The summed E-state index contributed by atoms with van der Waals surface area (Å²) in [6.07, 6.45) is 0. The number of imide groups is 1. The van der Waals surface area contributed by atoms with Crippen LogP contribution in [0.4, 0.5) is 10.5 Å². The first kappa shape index (κ1) is 19.7. The summed E-state index contributed by atoms with van der Waals surface area (Å²) in [6, 6.07) is 11.1. The number of anilines is 1. The Balaban J connectivity index is 1.59. The second-order valence-corrected chi connectivity index (χ2v) is 6.34. The zero-order valence-corrected chi connectivity index (χ0v) is 15.7. The summed E-state index contributed by atoms with van der Waals surface area (Å²) in [5.41, 5.74) is 1.86. The van der Waals surface area contributed by atoms with Gasteiger partial charge in [-0.1, -0.05) is 35.9 Å². The predicted octanol–water partition coefficient (Wildman–Crippen LogP) is 2.05. The lowest BCUT2D eigenvalue weighted by Crippen LogP contribution is -2.37. The van der Waals surface area contributed by atoms with Crippen LogP contribution in [0.25, 0.3) is 10.8 Å². The molecule has 148 valence electrons. The lowest BCUT2D eigenvalue weighted by atomic mass is 10.1. The Morgan fingerprint density at radius 1 is 1.07 bits per heavy atom. The number of fused-ring (bicyclic) bond motifs is 1. The van der Waals surface area contributed by atoms with Crippen LogP contribution in [0.5, 0.6) is 0 Å². The molecule has 3 aromatic rings. The quantitative estimate of drug-likeness (QED) is 0.581. The van der Waals surface area contributed by atoms with Crippen LogP contribution in [0.1, 0.15) is 21.6 Å². The third-order valence-electron chi connectivity index (χ3n) is 4.11. The monoisotopic (exact) mass is 394 g/mol. The molecule has 3 N–H and O–H groups in total. The first-order chi connectivity index (χ1) is 13.8. The minimum absolute atomic E-state index is 0.132. The molecule has 0 atom stereocenters. The van der Waals surface area contributed by atoms with Crippen LogP contribution in [-0.2, 0) is 9.53 Å². The van der Waals surface area contributed by atoms with Crippen LogP contribution < -0.4 is 16.2 Å². The van der Waals surface area contributed by atoms with E-state index in [0.29, 0.717) is 11.1 Å². The molecule has 0 saturated carbocycles. The van der Waals surface area contributed by atoms with E-state index in [4.69, 9.17) is 4.74 Å². The Morgan fingerprint density at radius 2 is 1.79 bits per heavy atom. The van der Waals surface area contributed by atoms with Crippen LogP contribution >= 0.6 is 0 Å². The van der Waals surface area contributed by atoms with E-state index in [1.165, 1.54) is 6.07 Å². The number of ether oxygens (including phenoxy) is 1. The number of aryl methyl sites for hydroxylation is 2. The van der Waals surface area contributed by atoms with Crippen molar-refractivity contribution >= 4 is 34.4 Å². The number of carbonyl (C=O) groups is 3. The van der Waals surface area contributed by atoms with Gasteiger partial charge in [0.25, 0.3) is 11.5 Å². The molecule has 9 heteroatoms. The number of H-pyrrole nitrogens is 1. The highest BCUT2D eigenvalue weighted by Crippen LogP contribution is 2.16. The fourth-order valence-corrected chi connectivity index (χ4v) is 2.74. The van der Waals surface area contributed by atoms with Gasteiger partial charge >= 0.3 is 12.0 Å². The van der Waals surface area contributed by atoms with E-state index in [1.54, 1.807) is 24.3 Å². The molecular formula is C20H18N4O5. The van der Waals surface area contributed by atoms with Crippen molar-refractivity contribution < 1.29 is 19.1 Å². The van der Waals surface area contributed by atoms with Crippen molar-refractivity contribution in [1.29, 1.82) is 0 Å². The van der Waals surface area contributed by atoms with Crippen LogP contribution in [0.3, 0.4) is 0 Å². The van der Waals surface area contributed by atoms with E-state index in [9.17, 15) is 19.2 Å². The molecule has 2 aromatic carbocycles. The number of urea groups is 1. The number of hydrogen-bond donors (Lipinski definition) is 3. The van der Waals surface area contributed by atoms with E-state index in [0.717, 1.165) is 11.1 Å². The topological polar surface area (TPSA) is 130 Å². The summed E-state index contributed by atoms with van der Waals surface area (Å²) < 4.78 is 4.91. The highest BCUT2D eigenvalue weighted by atomic mass is 16.5. The van der Waals surface area contributed by atoms with Crippen LogP contribution in [0.2, 0.25) is 0 Å². The van der Waals surface area contributed by atoms with Gasteiger partial charge in [0.1, 0.15) is 0 Å². The van der Waals surface area contributed by atoms with Gasteiger partial charge in [-0.15, -0.1) is 0 Å². The number of nitrogens with zero attached hydrogens (tertiary/aromatic N) is 1. The van der Waals surface area contributed by atoms with E-state index >= 15 is 0 Å². The van der Waals surface area contributed by atoms with Crippen molar-refractivity contribution in [3.8, 4) is 0 Å². The van der Waals surface area contributed by atoms with Crippen LogP contribution in [0, 0.1) is 13.8 Å². The minimum atomic E-state index is -0.901. The van der Waals surface area contributed by atoms with Crippen molar-refractivity contribution in [2.75, 3.05) is 11.9 Å². The Kier molecular flexibility index (Phi) is 5.68. The standard InChI is InChI=1S/C20H18N4O5/c1-11-7-8-15(12(2)9-11)21-20(28)22-16(25)10-29-19(27)17-13-5-3-4-6-14(13)18(26)24-23-17/h3-9H,10H2,1-2H3,(H,24,26)(H2,21,22,25,28). The van der Waals surface area contributed by atoms with Crippen molar-refractivity contribution in [2.45, 2.75) is 13.8 Å². The molecule has 3 rings (SSSR count). The zero-order chi connectivity index (χ0) is 21.0. The smallest absolute Gasteiger partial charge is 0.359 e. The Bertz CT molecular complexity index is 1170. The average Bonchev–Trinajstić information content (AvgIpc) is 2.69. The number of carbonyl (C=O) groups excluding carboxylic acids is 3. The number of benzene rings is 2. The normalized spacial score (nSPS) is 10.4. The molecule has 1 aromatic heterocycles. The molecule has 0 bridgehead atoms. The third kappa shape index (κ3) is 4.64. The largest absolute Gasteiger partial charge is 0.451 e. The first-order valence-electron chi connectivity index (χ1n) is 8.68. The summed E-state index contributed by atoms with van der Waals surface area (Å²) in [4.78, 5) is 47.9. The maximum atomic E-state index is 12.2. The molecular weight excluding hydrogens is 376 g/mol. The van der Waals surface area contributed by atoms with Gasteiger partial charge in [0.05, 0.1) is 5.39 Å². The molecule has 1 heterocycles. The third-order valence-corrected chi connectivity index (χ3v) is 4.11. The minimum Gasteiger partial charge on any atom is -0.451 e. The van der Waals surface area contributed by atoms with E-state index in [-0.39, 0.29) is 11.1 Å². The molecule has 0 radical (unpaired) electrons. The maximum Gasteiger partial charge on any atom is 0.359 e. The Morgan fingerprint density at radius 3 is 2.52 bits per heavy atom. The molecule has 0 aliphatic rings. The Labute approximate surface area is 165 Å². The fraction of sp³-hybridized carbons (Fsp3) is 0.150. The van der Waals surface area contributed by atoms with Crippen molar-refractivity contribution in [1.82, 2.24) is 15.5 Å². The van der Waals surface area contributed by atoms with Crippen LogP contribution in [0.15, 0.2) is 47.3 Å². The number of aromatic amines is 1. The molecule has 3 amide bonds. The molecule has 0 aliphatic carbocycles. The number of esters is 1. The van der Waals surface area contributed by atoms with Crippen molar-refractivity contribution in [3.63, 3.8) is 0 Å². The lowest BCUT2D eigenvalue weighted by Gasteiger charge is -2.10. The second-order valence-electron chi connectivity index (χ2n) is 6.34. The summed E-state index contributed by atoms with van der Waals surface area (Å²) in [5, 5.41) is 11.1. The van der Waals surface area contributed by atoms with Gasteiger partial charge < -0.3 is 10.1 Å². The maximum absolute atomic E-state index is 12.2. The molecule has 0 unspecified atom stereocenters. The van der Waals surface area contributed by atoms with Crippen molar-refractivity contribution in [3.05, 3.63) is 69.6 Å². The van der Waals surface area contributed by atoms with Crippen molar-refractivity contribution in [2.24, 2.45) is 0 Å². The summed E-state index contributed by atoms with van der Waals surface area (Å²) in [7, 11) is 0. The summed E-state index contributed by atoms with van der Waals surface area (Å²) >= 11 is 0. The van der Waals surface area contributed by atoms with Gasteiger partial charge in [0.2, 0.25) is 0 Å². The molecule has 29 heavy (non-hydrogen) atoms. The average molecular weight is 394 g/mol. The van der Waals surface area contributed by atoms with Gasteiger partial charge in [-0.2, -0.15) is 5.10 Å². The van der Waals surface area contributed by atoms with E-state index in [2.05, 4.69) is 20.8 Å². The van der Waals surface area contributed by atoms with Crippen LogP contribution in [-0.4, -0.2) is 34.7 Å². The lowest BCUT2D eigenvalue weighted by molar-refractivity contribution is -0.123. The van der Waals surface area contributed by atoms with Gasteiger partial charge in [0, 0.05) is 11.1 Å². The van der Waals surface area contributed by atoms with E-state index < -0.39 is 30.1 Å². The second kappa shape index (κ2) is 8.34. The van der Waals surface area contributed by atoms with Gasteiger partial charge in [-0.3, -0.25) is 14.9 Å². The fourth-order valence-electron chi connectivity index (χ4n) is 2.74. The van der Waals surface area contributed by atoms with Gasteiger partial charge in [-0.05, 0) is 31.5 Å². The number of amides is 3. The summed E-state index contributed by atoms with van der Waals surface area (Å²) in [5.74, 6) is -1.71. The highest BCUT2D eigenvalue weighted by Gasteiger charge is 2.17. The number of nitrogens with one attached hydrogen (secondary N) is 3. The molecule has 0 spiro atoms.